The SMILES string of the molecule is CCCC1CCC2C(c3ccc(-c4ccc(OCC)c(F)c4F)cc3)=CCC12. The summed E-state index contributed by atoms with van der Waals surface area (Å²) >= 11 is 0. The van der Waals surface area contributed by atoms with Gasteiger partial charge in [0.25, 0.3) is 0 Å². The van der Waals surface area contributed by atoms with Gasteiger partial charge in [-0.2, -0.15) is 4.39 Å². The summed E-state index contributed by atoms with van der Waals surface area (Å²) in [4.78, 5) is 0. The molecule has 2 aromatic rings. The Hall–Kier alpha value is -2.16. The molecule has 0 aromatic heterocycles. The van der Waals surface area contributed by atoms with E-state index in [1.807, 2.05) is 12.1 Å². The molecule has 1 nitrogen and oxygen atoms in total. The maximum atomic E-state index is 14.5. The van der Waals surface area contributed by atoms with Gasteiger partial charge < -0.3 is 4.74 Å². The Balaban J connectivity index is 1.55. The molecule has 0 radical (unpaired) electrons. The van der Waals surface area contributed by atoms with E-state index in [-0.39, 0.29) is 11.3 Å². The van der Waals surface area contributed by atoms with Crippen LogP contribution in [-0.4, -0.2) is 6.61 Å². The Morgan fingerprint density at radius 1 is 0.929 bits per heavy atom. The van der Waals surface area contributed by atoms with E-state index in [4.69, 9.17) is 4.74 Å². The Bertz CT molecular complexity index is 869. The van der Waals surface area contributed by atoms with E-state index in [1.165, 1.54) is 49.3 Å². The first-order valence-electron chi connectivity index (χ1n) is 10.6. The number of fused-ring (bicyclic) bond motifs is 1. The highest BCUT2D eigenvalue weighted by Crippen LogP contribution is 2.52. The third-order valence-corrected chi connectivity index (χ3v) is 6.52. The highest BCUT2D eigenvalue weighted by Gasteiger charge is 2.40. The van der Waals surface area contributed by atoms with Crippen LogP contribution in [0.5, 0.6) is 5.75 Å². The number of ether oxygens (including phenoxy) is 1. The average Bonchev–Trinajstić information content (AvgIpc) is 3.29. The molecular formula is C25H28F2O. The van der Waals surface area contributed by atoms with Crippen LogP contribution in [0.25, 0.3) is 16.7 Å². The Morgan fingerprint density at radius 2 is 1.68 bits per heavy atom. The van der Waals surface area contributed by atoms with Crippen LogP contribution in [-0.2, 0) is 0 Å². The molecule has 2 aromatic carbocycles. The van der Waals surface area contributed by atoms with Gasteiger partial charge in [-0.15, -0.1) is 0 Å². The second kappa shape index (κ2) is 8.06. The van der Waals surface area contributed by atoms with E-state index in [2.05, 4.69) is 25.1 Å². The summed E-state index contributed by atoms with van der Waals surface area (Å²) in [7, 11) is 0. The first-order valence-corrected chi connectivity index (χ1v) is 10.6. The van der Waals surface area contributed by atoms with Crippen LogP contribution in [0.3, 0.4) is 0 Å². The lowest BCUT2D eigenvalue weighted by Crippen LogP contribution is -2.10. The molecule has 3 heteroatoms. The quantitative estimate of drug-likeness (QED) is 0.511. The fourth-order valence-electron chi connectivity index (χ4n) is 5.23. The average molecular weight is 382 g/mol. The highest BCUT2D eigenvalue weighted by molar-refractivity contribution is 5.73. The van der Waals surface area contributed by atoms with Crippen molar-refractivity contribution in [1.29, 1.82) is 0 Å². The lowest BCUT2D eigenvalue weighted by atomic mass is 9.85. The molecule has 1 saturated carbocycles. The minimum absolute atomic E-state index is 0.0367. The Morgan fingerprint density at radius 3 is 2.39 bits per heavy atom. The van der Waals surface area contributed by atoms with E-state index < -0.39 is 11.6 Å². The number of rotatable bonds is 6. The fraction of sp³-hybridized carbons (Fsp3) is 0.440. The van der Waals surface area contributed by atoms with E-state index in [0.29, 0.717) is 18.1 Å². The molecule has 0 N–H and O–H groups in total. The first kappa shape index (κ1) is 19.2. The van der Waals surface area contributed by atoms with Gasteiger partial charge in [0.15, 0.2) is 11.6 Å². The molecule has 0 heterocycles. The van der Waals surface area contributed by atoms with Crippen LogP contribution in [0.2, 0.25) is 0 Å². The zero-order chi connectivity index (χ0) is 19.7. The van der Waals surface area contributed by atoms with Crippen molar-refractivity contribution in [2.75, 3.05) is 6.61 Å². The molecule has 0 bridgehead atoms. The summed E-state index contributed by atoms with van der Waals surface area (Å²) in [6.45, 7) is 4.33. The molecule has 0 spiro atoms. The van der Waals surface area contributed by atoms with Crippen molar-refractivity contribution in [1.82, 2.24) is 0 Å². The van der Waals surface area contributed by atoms with Crippen molar-refractivity contribution in [3.63, 3.8) is 0 Å². The van der Waals surface area contributed by atoms with Gasteiger partial charge in [0.1, 0.15) is 0 Å². The third-order valence-electron chi connectivity index (χ3n) is 6.52. The molecule has 3 atom stereocenters. The van der Waals surface area contributed by atoms with Gasteiger partial charge in [-0.1, -0.05) is 50.1 Å². The van der Waals surface area contributed by atoms with Crippen molar-refractivity contribution in [2.45, 2.75) is 46.0 Å². The van der Waals surface area contributed by atoms with Gasteiger partial charge in [-0.05, 0) is 72.8 Å². The summed E-state index contributed by atoms with van der Waals surface area (Å²) < 4.78 is 33.8. The number of allylic oxidation sites excluding steroid dienone is 2. The van der Waals surface area contributed by atoms with E-state index >= 15 is 0 Å². The molecule has 0 aliphatic heterocycles. The Labute approximate surface area is 166 Å². The van der Waals surface area contributed by atoms with Gasteiger partial charge in [0.05, 0.1) is 6.61 Å². The predicted octanol–water partition coefficient (Wildman–Crippen LogP) is 7.26. The first-order chi connectivity index (χ1) is 13.6. The second-order valence-electron chi connectivity index (χ2n) is 8.04. The summed E-state index contributed by atoms with van der Waals surface area (Å²) in [6, 6.07) is 11.0. The molecule has 0 amide bonds. The lowest BCUT2D eigenvalue weighted by Gasteiger charge is -2.19. The molecular weight excluding hydrogens is 354 g/mol. The van der Waals surface area contributed by atoms with E-state index in [9.17, 15) is 8.78 Å². The Kier molecular flexibility index (Phi) is 5.52. The minimum Gasteiger partial charge on any atom is -0.491 e. The minimum atomic E-state index is -0.919. The van der Waals surface area contributed by atoms with Crippen molar-refractivity contribution in [3.8, 4) is 16.9 Å². The summed E-state index contributed by atoms with van der Waals surface area (Å²) in [6.07, 6.45) is 8.82. The van der Waals surface area contributed by atoms with Crippen LogP contribution in [0, 0.1) is 29.4 Å². The predicted molar refractivity (Wildman–Crippen MR) is 110 cm³/mol. The topological polar surface area (TPSA) is 9.23 Å². The van der Waals surface area contributed by atoms with E-state index in [1.54, 1.807) is 13.0 Å². The largest absolute Gasteiger partial charge is 0.491 e. The van der Waals surface area contributed by atoms with Gasteiger partial charge in [0, 0.05) is 5.56 Å². The summed E-state index contributed by atoms with van der Waals surface area (Å²) in [5.41, 5.74) is 3.64. The molecule has 28 heavy (non-hydrogen) atoms. The summed E-state index contributed by atoms with van der Waals surface area (Å²) in [5, 5.41) is 0. The zero-order valence-corrected chi connectivity index (χ0v) is 16.7. The van der Waals surface area contributed by atoms with Crippen LogP contribution in [0.15, 0.2) is 42.5 Å². The zero-order valence-electron chi connectivity index (χ0n) is 16.7. The fourth-order valence-corrected chi connectivity index (χ4v) is 5.23. The third kappa shape index (κ3) is 3.36. The van der Waals surface area contributed by atoms with Crippen molar-refractivity contribution in [3.05, 3.63) is 59.7 Å². The molecule has 148 valence electrons. The molecule has 0 saturated heterocycles. The standard InChI is InChI=1S/C25H28F2O/c1-3-5-16-10-11-22-19(16)12-13-20(22)17-6-8-18(9-7-17)21-14-15-23(28-4-2)25(27)24(21)26/h6-9,13-16,19,22H,3-5,10-12H2,1-2H3. The van der Waals surface area contributed by atoms with Crippen molar-refractivity contribution in [2.24, 2.45) is 17.8 Å². The van der Waals surface area contributed by atoms with Gasteiger partial charge in [0.2, 0.25) is 5.82 Å². The molecule has 1 fully saturated rings. The highest BCUT2D eigenvalue weighted by atomic mass is 19.2. The smallest absolute Gasteiger partial charge is 0.201 e. The maximum absolute atomic E-state index is 14.5. The molecule has 2 aliphatic carbocycles. The number of hydrogen-bond donors (Lipinski definition) is 0. The number of halogens is 2. The lowest BCUT2D eigenvalue weighted by molar-refractivity contribution is 0.314. The number of hydrogen-bond acceptors (Lipinski definition) is 1. The normalized spacial score (nSPS) is 23.6. The van der Waals surface area contributed by atoms with E-state index in [0.717, 1.165) is 11.8 Å². The van der Waals surface area contributed by atoms with Gasteiger partial charge in [-0.25, -0.2) is 4.39 Å². The van der Waals surface area contributed by atoms with Crippen molar-refractivity contribution < 1.29 is 13.5 Å². The molecule has 4 rings (SSSR count). The van der Waals surface area contributed by atoms with Crippen molar-refractivity contribution >= 4 is 5.57 Å². The summed E-state index contributed by atoms with van der Waals surface area (Å²) in [5.74, 6) is 0.526. The maximum Gasteiger partial charge on any atom is 0.201 e. The molecule has 2 aliphatic rings. The van der Waals surface area contributed by atoms with Gasteiger partial charge >= 0.3 is 0 Å². The molecule has 3 unspecified atom stereocenters. The monoisotopic (exact) mass is 382 g/mol. The van der Waals surface area contributed by atoms with Crippen LogP contribution in [0.4, 0.5) is 8.78 Å². The van der Waals surface area contributed by atoms with Gasteiger partial charge in [-0.3, -0.25) is 0 Å². The van der Waals surface area contributed by atoms with Crippen LogP contribution >= 0.6 is 0 Å². The second-order valence-corrected chi connectivity index (χ2v) is 8.04. The number of benzene rings is 2. The van der Waals surface area contributed by atoms with Crippen LogP contribution in [0.1, 0.15) is 51.5 Å². The van der Waals surface area contributed by atoms with Crippen LogP contribution < -0.4 is 4.74 Å².